The molecule has 2 aromatic rings. The van der Waals surface area contributed by atoms with Gasteiger partial charge in [-0.2, -0.15) is 0 Å². The van der Waals surface area contributed by atoms with E-state index in [0.717, 1.165) is 18.6 Å². The number of likely N-dealkylation sites (N-methyl/N-ethyl adjacent to an activating group) is 1. The Morgan fingerprint density at radius 1 is 1.33 bits per heavy atom. The third-order valence-electron chi connectivity index (χ3n) is 4.49. The van der Waals surface area contributed by atoms with Crippen LogP contribution in [0, 0.1) is 6.92 Å². The second-order valence-corrected chi connectivity index (χ2v) is 5.69. The summed E-state index contributed by atoms with van der Waals surface area (Å²) in [4.78, 5) is 4.63. The van der Waals surface area contributed by atoms with Crippen molar-refractivity contribution in [3.63, 3.8) is 0 Å². The fourth-order valence-electron chi connectivity index (χ4n) is 3.46. The second-order valence-electron chi connectivity index (χ2n) is 5.69. The Bertz CT molecular complexity index is 639. The predicted octanol–water partition coefficient (Wildman–Crippen LogP) is 3.39. The van der Waals surface area contributed by atoms with Crippen molar-refractivity contribution >= 4 is 0 Å². The van der Waals surface area contributed by atoms with E-state index in [1.807, 2.05) is 19.3 Å². The van der Waals surface area contributed by atoms with Gasteiger partial charge in [0.2, 0.25) is 0 Å². The Morgan fingerprint density at radius 2 is 2.19 bits per heavy atom. The molecule has 2 unspecified atom stereocenters. The molecule has 0 saturated heterocycles. The molecule has 0 bridgehead atoms. The summed E-state index contributed by atoms with van der Waals surface area (Å²) in [5, 5.41) is 3.49. The monoisotopic (exact) mass is 282 g/mol. The van der Waals surface area contributed by atoms with E-state index in [-0.39, 0.29) is 0 Å². The number of nitrogens with one attached hydrogen (secondary N) is 1. The summed E-state index contributed by atoms with van der Waals surface area (Å²) in [5.41, 5.74) is 5.13. The highest BCUT2D eigenvalue weighted by Gasteiger charge is 2.31. The number of hydrogen-bond donors (Lipinski definition) is 1. The summed E-state index contributed by atoms with van der Waals surface area (Å²) < 4.78 is 5.36. The second kappa shape index (κ2) is 5.86. The number of rotatable bonds is 4. The van der Waals surface area contributed by atoms with E-state index < -0.39 is 0 Å². The van der Waals surface area contributed by atoms with Crippen molar-refractivity contribution in [3.8, 4) is 5.75 Å². The first-order valence-corrected chi connectivity index (χ1v) is 7.50. The van der Waals surface area contributed by atoms with Gasteiger partial charge in [-0.1, -0.05) is 18.2 Å². The molecule has 0 radical (unpaired) electrons. The van der Waals surface area contributed by atoms with Gasteiger partial charge in [0.25, 0.3) is 0 Å². The number of benzene rings is 1. The van der Waals surface area contributed by atoms with Gasteiger partial charge in [-0.05, 0) is 55.6 Å². The zero-order valence-electron chi connectivity index (χ0n) is 12.9. The Balaban J connectivity index is 1.95. The summed E-state index contributed by atoms with van der Waals surface area (Å²) in [6.07, 6.45) is 4.19. The summed E-state index contributed by atoms with van der Waals surface area (Å²) in [6.45, 7) is 2.09. The van der Waals surface area contributed by atoms with Gasteiger partial charge in [0.15, 0.2) is 0 Å². The van der Waals surface area contributed by atoms with Gasteiger partial charge in [-0.3, -0.25) is 4.98 Å². The molecule has 2 atom stereocenters. The van der Waals surface area contributed by atoms with E-state index in [2.05, 4.69) is 41.5 Å². The van der Waals surface area contributed by atoms with E-state index in [1.165, 1.54) is 22.4 Å². The molecule has 0 saturated carbocycles. The van der Waals surface area contributed by atoms with Gasteiger partial charge in [-0.15, -0.1) is 0 Å². The lowest BCUT2D eigenvalue weighted by Gasteiger charge is -2.24. The Kier molecular flexibility index (Phi) is 3.93. The van der Waals surface area contributed by atoms with Crippen LogP contribution >= 0.6 is 0 Å². The fraction of sp³-hybridized carbons (Fsp3) is 0.389. The van der Waals surface area contributed by atoms with Crippen LogP contribution in [0.25, 0.3) is 0 Å². The van der Waals surface area contributed by atoms with Crippen LogP contribution in [0.2, 0.25) is 0 Å². The predicted molar refractivity (Wildman–Crippen MR) is 84.8 cm³/mol. The number of pyridine rings is 1. The highest BCUT2D eigenvalue weighted by molar-refractivity contribution is 5.40. The van der Waals surface area contributed by atoms with Crippen LogP contribution in [0.1, 0.15) is 40.8 Å². The van der Waals surface area contributed by atoms with E-state index in [1.54, 1.807) is 7.11 Å². The maximum atomic E-state index is 5.36. The summed E-state index contributed by atoms with van der Waals surface area (Å²) in [7, 11) is 3.75. The number of ether oxygens (including phenoxy) is 1. The van der Waals surface area contributed by atoms with Gasteiger partial charge < -0.3 is 10.1 Å². The average molecular weight is 282 g/mol. The standard InChI is InChI=1S/C18H22N2O/c1-12-11-14(7-9-16(12)21-3)17(19-2)15-8-6-13-5-4-10-20-18(13)15/h4-5,7,9-11,15,17,19H,6,8H2,1-3H3. The number of methoxy groups -OCH3 is 1. The highest BCUT2D eigenvalue weighted by Crippen LogP contribution is 2.40. The molecule has 0 spiro atoms. The number of nitrogens with zero attached hydrogens (tertiary/aromatic N) is 1. The number of hydrogen-bond acceptors (Lipinski definition) is 3. The lowest BCUT2D eigenvalue weighted by Crippen LogP contribution is -2.23. The lowest BCUT2D eigenvalue weighted by atomic mass is 9.90. The third kappa shape index (κ3) is 2.54. The molecule has 0 amide bonds. The smallest absolute Gasteiger partial charge is 0.121 e. The van der Waals surface area contributed by atoms with Crippen LogP contribution in [0.3, 0.4) is 0 Å². The van der Waals surface area contributed by atoms with Crippen molar-refractivity contribution in [2.24, 2.45) is 0 Å². The zero-order chi connectivity index (χ0) is 14.8. The average Bonchev–Trinajstić information content (AvgIpc) is 2.93. The molecule has 0 fully saturated rings. The Morgan fingerprint density at radius 3 is 2.90 bits per heavy atom. The van der Waals surface area contributed by atoms with Crippen LogP contribution in [-0.2, 0) is 6.42 Å². The first kappa shape index (κ1) is 14.1. The minimum Gasteiger partial charge on any atom is -0.496 e. The van der Waals surface area contributed by atoms with Crippen LogP contribution in [0.15, 0.2) is 36.5 Å². The molecule has 1 N–H and O–H groups in total. The molecule has 1 aliphatic carbocycles. The first-order chi connectivity index (χ1) is 10.2. The largest absolute Gasteiger partial charge is 0.496 e. The maximum absolute atomic E-state index is 5.36. The van der Waals surface area contributed by atoms with Gasteiger partial charge in [0.1, 0.15) is 5.75 Å². The summed E-state index contributed by atoms with van der Waals surface area (Å²) >= 11 is 0. The zero-order valence-corrected chi connectivity index (χ0v) is 12.9. The molecule has 3 rings (SSSR count). The van der Waals surface area contributed by atoms with Crippen molar-refractivity contribution < 1.29 is 4.74 Å². The van der Waals surface area contributed by atoms with E-state index >= 15 is 0 Å². The minimum absolute atomic E-state index is 0.297. The topological polar surface area (TPSA) is 34.1 Å². The molecule has 21 heavy (non-hydrogen) atoms. The maximum Gasteiger partial charge on any atom is 0.121 e. The Hall–Kier alpha value is -1.87. The molecule has 3 nitrogen and oxygen atoms in total. The molecular weight excluding hydrogens is 260 g/mol. The van der Waals surface area contributed by atoms with Gasteiger partial charge in [0.05, 0.1) is 7.11 Å². The van der Waals surface area contributed by atoms with Crippen LogP contribution in [-0.4, -0.2) is 19.1 Å². The normalized spacial score (nSPS) is 18.3. The molecule has 110 valence electrons. The van der Waals surface area contributed by atoms with E-state index in [0.29, 0.717) is 12.0 Å². The number of aromatic nitrogens is 1. The molecule has 1 aromatic carbocycles. The van der Waals surface area contributed by atoms with Gasteiger partial charge in [0, 0.05) is 23.9 Å². The van der Waals surface area contributed by atoms with Crippen molar-refractivity contribution in [2.75, 3.05) is 14.2 Å². The SMILES string of the molecule is CNC(c1ccc(OC)c(C)c1)C1CCc2cccnc21. The molecule has 3 heteroatoms. The number of fused-ring (bicyclic) bond motifs is 1. The van der Waals surface area contributed by atoms with Crippen LogP contribution < -0.4 is 10.1 Å². The van der Waals surface area contributed by atoms with Crippen molar-refractivity contribution in [1.29, 1.82) is 0 Å². The van der Waals surface area contributed by atoms with E-state index in [9.17, 15) is 0 Å². The van der Waals surface area contributed by atoms with Gasteiger partial charge in [-0.25, -0.2) is 0 Å². The van der Waals surface area contributed by atoms with E-state index in [4.69, 9.17) is 4.74 Å². The van der Waals surface area contributed by atoms with Crippen molar-refractivity contribution in [2.45, 2.75) is 31.7 Å². The molecule has 1 aliphatic rings. The quantitative estimate of drug-likeness (QED) is 0.933. The Labute approximate surface area is 126 Å². The lowest BCUT2D eigenvalue weighted by molar-refractivity contribution is 0.410. The highest BCUT2D eigenvalue weighted by atomic mass is 16.5. The first-order valence-electron chi connectivity index (χ1n) is 7.50. The fourth-order valence-corrected chi connectivity index (χ4v) is 3.46. The molecule has 1 aromatic heterocycles. The van der Waals surface area contributed by atoms with Crippen molar-refractivity contribution in [3.05, 3.63) is 58.9 Å². The van der Waals surface area contributed by atoms with Crippen LogP contribution in [0.4, 0.5) is 0 Å². The molecule has 0 aliphatic heterocycles. The summed E-state index contributed by atoms with van der Waals surface area (Å²) in [5.74, 6) is 1.39. The number of aryl methyl sites for hydroxylation is 2. The van der Waals surface area contributed by atoms with Gasteiger partial charge >= 0.3 is 0 Å². The molecular formula is C18H22N2O. The van der Waals surface area contributed by atoms with Crippen LogP contribution in [0.5, 0.6) is 5.75 Å². The summed E-state index contributed by atoms with van der Waals surface area (Å²) in [6, 6.07) is 11.0. The third-order valence-corrected chi connectivity index (χ3v) is 4.49. The molecule has 1 heterocycles. The minimum atomic E-state index is 0.297. The van der Waals surface area contributed by atoms with Crippen molar-refractivity contribution in [1.82, 2.24) is 10.3 Å².